The Morgan fingerprint density at radius 2 is 2.00 bits per heavy atom. The predicted octanol–water partition coefficient (Wildman–Crippen LogP) is 3.31. The molecular weight excluding hydrogens is 184 g/mol. The molecule has 1 atom stereocenters. The molecule has 1 rings (SSSR count). The van der Waals surface area contributed by atoms with Gasteiger partial charge in [0.15, 0.2) is 7.38 Å². The number of rotatable bonds is 3. The molecule has 0 aromatic heterocycles. The van der Waals surface area contributed by atoms with Crippen LogP contribution in [-0.2, 0) is 6.04 Å². The molecule has 1 aromatic rings. The molecule has 0 aliphatic heterocycles. The normalized spacial score (nSPS) is 15.2. The van der Waals surface area contributed by atoms with Crippen molar-refractivity contribution in [3.63, 3.8) is 0 Å². The number of hydrogen-bond donors (Lipinski definition) is 0. The molecular formula is C10H13ClSi. The Balaban J connectivity index is 2.70. The van der Waals surface area contributed by atoms with Gasteiger partial charge in [0.25, 0.3) is 0 Å². The Bertz CT molecular complexity index is 254. The van der Waals surface area contributed by atoms with Gasteiger partial charge in [-0.3, -0.25) is 0 Å². The summed E-state index contributed by atoms with van der Waals surface area (Å²) in [6.07, 6.45) is 0. The maximum atomic E-state index is 6.28. The highest BCUT2D eigenvalue weighted by Crippen LogP contribution is 2.16. The van der Waals surface area contributed by atoms with Gasteiger partial charge in [0.05, 0.1) is 0 Å². The summed E-state index contributed by atoms with van der Waals surface area (Å²) < 4.78 is 0. The van der Waals surface area contributed by atoms with Crippen LogP contribution in [-0.4, -0.2) is 7.38 Å². The smallest absolute Gasteiger partial charge is 0.162 e. The second-order valence-corrected chi connectivity index (χ2v) is 9.05. The molecule has 0 nitrogen and oxygen atoms in total. The Kier molecular flexibility index (Phi) is 3.12. The number of benzene rings is 1. The Hall–Kier alpha value is -0.533. The van der Waals surface area contributed by atoms with Crippen LogP contribution in [0.15, 0.2) is 42.6 Å². The summed E-state index contributed by atoms with van der Waals surface area (Å²) in [6, 6.07) is 11.3. The minimum absolute atomic E-state index is 0.971. The molecule has 0 N–H and O–H groups in total. The summed E-state index contributed by atoms with van der Waals surface area (Å²) >= 11 is 6.28. The molecule has 1 aromatic carbocycles. The van der Waals surface area contributed by atoms with Gasteiger partial charge in [0.2, 0.25) is 0 Å². The molecule has 0 amide bonds. The molecule has 2 heteroatoms. The molecule has 12 heavy (non-hydrogen) atoms. The van der Waals surface area contributed by atoms with Gasteiger partial charge in [-0.05, 0) is 11.6 Å². The van der Waals surface area contributed by atoms with Crippen molar-refractivity contribution in [2.24, 2.45) is 0 Å². The lowest BCUT2D eigenvalue weighted by atomic mass is 10.2. The minimum atomic E-state index is -1.68. The van der Waals surface area contributed by atoms with E-state index < -0.39 is 7.38 Å². The van der Waals surface area contributed by atoms with E-state index in [0.717, 1.165) is 6.04 Å². The van der Waals surface area contributed by atoms with E-state index in [9.17, 15) is 0 Å². The highest BCUT2D eigenvalue weighted by molar-refractivity contribution is 7.22. The van der Waals surface area contributed by atoms with E-state index in [2.05, 4.69) is 25.3 Å². The van der Waals surface area contributed by atoms with Crippen molar-refractivity contribution in [3.05, 3.63) is 48.2 Å². The standard InChI is InChI=1S/C10H13ClSi/c1-3-12(2,11)9-10-7-5-4-6-8-10/h3-8H,1,9H2,2H3. The first-order chi connectivity index (χ1) is 5.64. The molecule has 0 fully saturated rings. The van der Waals surface area contributed by atoms with Crippen LogP contribution in [0.1, 0.15) is 5.56 Å². The number of hydrogen-bond acceptors (Lipinski definition) is 0. The minimum Gasteiger partial charge on any atom is -0.162 e. The summed E-state index contributed by atoms with van der Waals surface area (Å²) in [5.41, 5.74) is 3.23. The van der Waals surface area contributed by atoms with Gasteiger partial charge >= 0.3 is 0 Å². The molecule has 0 saturated carbocycles. The van der Waals surface area contributed by atoms with Crippen LogP contribution in [0.3, 0.4) is 0 Å². The molecule has 1 unspecified atom stereocenters. The predicted molar refractivity (Wildman–Crippen MR) is 57.8 cm³/mol. The van der Waals surface area contributed by atoms with Crippen molar-refractivity contribution >= 4 is 18.5 Å². The van der Waals surface area contributed by atoms with Crippen molar-refractivity contribution in [2.75, 3.05) is 0 Å². The summed E-state index contributed by atoms with van der Waals surface area (Å²) in [5.74, 6) is 0. The topological polar surface area (TPSA) is 0 Å². The van der Waals surface area contributed by atoms with E-state index in [1.807, 2.05) is 23.9 Å². The summed E-state index contributed by atoms with van der Waals surface area (Å²) in [6.45, 7) is 5.86. The van der Waals surface area contributed by atoms with Crippen LogP contribution in [0.25, 0.3) is 0 Å². The molecule has 0 aliphatic carbocycles. The zero-order valence-electron chi connectivity index (χ0n) is 7.26. The summed E-state index contributed by atoms with van der Waals surface area (Å²) in [5, 5.41) is 0. The van der Waals surface area contributed by atoms with E-state index in [0.29, 0.717) is 0 Å². The zero-order valence-corrected chi connectivity index (χ0v) is 9.01. The van der Waals surface area contributed by atoms with E-state index in [1.54, 1.807) is 0 Å². The second-order valence-electron chi connectivity index (χ2n) is 3.14. The largest absolute Gasteiger partial charge is 0.180 e. The van der Waals surface area contributed by atoms with Crippen LogP contribution >= 0.6 is 11.1 Å². The van der Waals surface area contributed by atoms with Crippen molar-refractivity contribution in [3.8, 4) is 0 Å². The molecule has 0 aliphatic rings. The number of halogens is 1. The van der Waals surface area contributed by atoms with Crippen LogP contribution in [0.4, 0.5) is 0 Å². The average molecular weight is 197 g/mol. The maximum absolute atomic E-state index is 6.28. The van der Waals surface area contributed by atoms with Crippen molar-refractivity contribution in [1.29, 1.82) is 0 Å². The molecule has 0 heterocycles. The lowest BCUT2D eigenvalue weighted by Crippen LogP contribution is -2.22. The molecule has 0 radical (unpaired) electrons. The highest BCUT2D eigenvalue weighted by Gasteiger charge is 2.19. The first-order valence-electron chi connectivity index (χ1n) is 4.00. The third-order valence-corrected chi connectivity index (χ3v) is 4.63. The van der Waals surface area contributed by atoms with Gasteiger partial charge in [-0.25, -0.2) is 0 Å². The fourth-order valence-electron chi connectivity index (χ4n) is 1.07. The van der Waals surface area contributed by atoms with E-state index >= 15 is 0 Å². The highest BCUT2D eigenvalue weighted by atomic mass is 35.6. The van der Waals surface area contributed by atoms with Crippen molar-refractivity contribution in [1.82, 2.24) is 0 Å². The lowest BCUT2D eigenvalue weighted by molar-refractivity contribution is 1.35. The molecule has 0 saturated heterocycles. The monoisotopic (exact) mass is 196 g/mol. The Morgan fingerprint density at radius 3 is 2.50 bits per heavy atom. The van der Waals surface area contributed by atoms with E-state index in [1.165, 1.54) is 5.56 Å². The van der Waals surface area contributed by atoms with Gasteiger partial charge in [-0.2, -0.15) is 11.1 Å². The van der Waals surface area contributed by atoms with Crippen LogP contribution < -0.4 is 0 Å². The molecule has 0 spiro atoms. The third-order valence-electron chi connectivity index (χ3n) is 1.82. The quantitative estimate of drug-likeness (QED) is 0.514. The molecule has 0 bridgehead atoms. The average Bonchev–Trinajstić information content (AvgIpc) is 2.06. The van der Waals surface area contributed by atoms with E-state index in [-0.39, 0.29) is 0 Å². The van der Waals surface area contributed by atoms with Gasteiger partial charge in [0.1, 0.15) is 0 Å². The van der Waals surface area contributed by atoms with Gasteiger partial charge in [-0.15, -0.1) is 6.58 Å². The van der Waals surface area contributed by atoms with Crippen LogP contribution in [0.2, 0.25) is 6.55 Å². The first kappa shape index (κ1) is 9.55. The van der Waals surface area contributed by atoms with Gasteiger partial charge in [-0.1, -0.05) is 42.6 Å². The first-order valence-corrected chi connectivity index (χ1v) is 7.80. The van der Waals surface area contributed by atoms with Gasteiger partial charge < -0.3 is 0 Å². The Morgan fingerprint density at radius 1 is 1.42 bits per heavy atom. The zero-order chi connectivity index (χ0) is 9.03. The Labute approximate surface area is 79.6 Å². The van der Waals surface area contributed by atoms with Crippen LogP contribution in [0.5, 0.6) is 0 Å². The van der Waals surface area contributed by atoms with Gasteiger partial charge in [0, 0.05) is 0 Å². The SMILES string of the molecule is C=C[Si](C)(Cl)Cc1ccccc1. The lowest BCUT2D eigenvalue weighted by Gasteiger charge is -2.13. The third kappa shape index (κ3) is 2.84. The van der Waals surface area contributed by atoms with Crippen molar-refractivity contribution < 1.29 is 0 Å². The summed E-state index contributed by atoms with van der Waals surface area (Å²) in [7, 11) is -1.68. The van der Waals surface area contributed by atoms with E-state index in [4.69, 9.17) is 11.1 Å². The maximum Gasteiger partial charge on any atom is 0.180 e. The fraction of sp³-hybridized carbons (Fsp3) is 0.200. The fourth-order valence-corrected chi connectivity index (χ4v) is 2.71. The van der Waals surface area contributed by atoms with Crippen molar-refractivity contribution in [2.45, 2.75) is 12.6 Å². The van der Waals surface area contributed by atoms with Crippen LogP contribution in [0, 0.1) is 0 Å². The summed E-state index contributed by atoms with van der Waals surface area (Å²) in [4.78, 5) is 0. The second kappa shape index (κ2) is 3.92. The molecule has 64 valence electrons.